The lowest BCUT2D eigenvalue weighted by Gasteiger charge is -2.44. The van der Waals surface area contributed by atoms with Crippen molar-refractivity contribution in [2.75, 3.05) is 4.90 Å². The van der Waals surface area contributed by atoms with Crippen LogP contribution in [0.4, 0.5) is 5.69 Å². The molecule has 4 nitrogen and oxygen atoms in total. The molecule has 2 amide bonds. The van der Waals surface area contributed by atoms with Crippen molar-refractivity contribution < 1.29 is 9.59 Å². The zero-order valence-corrected chi connectivity index (χ0v) is 16.7. The van der Waals surface area contributed by atoms with Gasteiger partial charge in [0.05, 0.1) is 0 Å². The molecule has 4 heteroatoms. The van der Waals surface area contributed by atoms with Crippen LogP contribution in [0.25, 0.3) is 0 Å². The summed E-state index contributed by atoms with van der Waals surface area (Å²) in [4.78, 5) is 28.5. The number of aryl methyl sites for hydroxylation is 1. The number of amides is 2. The van der Waals surface area contributed by atoms with Crippen molar-refractivity contribution in [1.82, 2.24) is 5.32 Å². The normalized spacial score (nSPS) is 18.3. The van der Waals surface area contributed by atoms with E-state index in [4.69, 9.17) is 0 Å². The van der Waals surface area contributed by atoms with Gasteiger partial charge in [0.25, 0.3) is 5.91 Å². The Morgan fingerprint density at radius 1 is 0.966 bits per heavy atom. The van der Waals surface area contributed by atoms with Crippen LogP contribution in [0.5, 0.6) is 0 Å². The second-order valence-corrected chi connectivity index (χ2v) is 7.69. The van der Waals surface area contributed by atoms with Gasteiger partial charge >= 0.3 is 0 Å². The van der Waals surface area contributed by atoms with Gasteiger partial charge in [-0.2, -0.15) is 0 Å². The van der Waals surface area contributed by atoms with Crippen molar-refractivity contribution in [1.29, 1.82) is 0 Å². The number of carbonyl (C=O) groups is 2. The molecular formula is C25H24N2O2. The van der Waals surface area contributed by atoms with Crippen LogP contribution in [-0.4, -0.2) is 17.4 Å². The predicted molar refractivity (Wildman–Crippen MR) is 115 cm³/mol. The molecule has 1 N–H and O–H groups in total. The predicted octanol–water partition coefficient (Wildman–Crippen LogP) is 4.27. The van der Waals surface area contributed by atoms with E-state index < -0.39 is 5.54 Å². The zero-order chi connectivity index (χ0) is 20.4. The van der Waals surface area contributed by atoms with Crippen molar-refractivity contribution in [3.63, 3.8) is 0 Å². The zero-order valence-electron chi connectivity index (χ0n) is 16.7. The summed E-state index contributed by atoms with van der Waals surface area (Å²) in [6, 6.07) is 24.9. The fraction of sp³-hybridized carbons (Fsp3) is 0.200. The van der Waals surface area contributed by atoms with E-state index >= 15 is 0 Å². The Labute approximate surface area is 171 Å². The van der Waals surface area contributed by atoms with E-state index in [1.165, 1.54) is 0 Å². The first kappa shape index (κ1) is 18.9. The van der Waals surface area contributed by atoms with Crippen LogP contribution in [0.1, 0.15) is 34.0 Å². The smallest absolute Gasteiger partial charge is 0.259 e. The van der Waals surface area contributed by atoms with Crippen LogP contribution >= 0.6 is 0 Å². The molecule has 0 aromatic heterocycles. The van der Waals surface area contributed by atoms with E-state index in [0.29, 0.717) is 18.5 Å². The molecule has 29 heavy (non-hydrogen) atoms. The topological polar surface area (TPSA) is 49.4 Å². The molecule has 146 valence electrons. The molecule has 1 aliphatic rings. The second-order valence-electron chi connectivity index (χ2n) is 7.69. The number of benzene rings is 3. The SMILES string of the molecule is Cc1ccccc1CNC(=O)[C@]1(C)Cc2ccccc2C(=O)N1c1ccccc1. The van der Waals surface area contributed by atoms with E-state index in [2.05, 4.69) is 5.32 Å². The van der Waals surface area contributed by atoms with Crippen molar-refractivity contribution in [2.24, 2.45) is 0 Å². The number of nitrogens with one attached hydrogen (secondary N) is 1. The van der Waals surface area contributed by atoms with Gasteiger partial charge in [0.1, 0.15) is 5.54 Å². The summed E-state index contributed by atoms with van der Waals surface area (Å²) in [6.45, 7) is 4.31. The lowest BCUT2D eigenvalue weighted by Crippen LogP contribution is -2.63. The van der Waals surface area contributed by atoms with Crippen molar-refractivity contribution >= 4 is 17.5 Å². The van der Waals surface area contributed by atoms with E-state index in [9.17, 15) is 9.59 Å². The largest absolute Gasteiger partial charge is 0.350 e. The van der Waals surface area contributed by atoms with Gasteiger partial charge in [-0.25, -0.2) is 0 Å². The standard InChI is InChI=1S/C25H24N2O2/c1-18-10-6-7-12-20(18)17-26-24(29)25(2)16-19-11-8-9-15-22(19)23(28)27(25)21-13-4-3-5-14-21/h3-15H,16-17H2,1-2H3,(H,26,29)/t25-/m0/s1. The number of hydrogen-bond acceptors (Lipinski definition) is 2. The van der Waals surface area contributed by atoms with Crippen LogP contribution in [0.2, 0.25) is 0 Å². The average Bonchev–Trinajstić information content (AvgIpc) is 2.74. The monoisotopic (exact) mass is 384 g/mol. The first-order chi connectivity index (χ1) is 14.0. The summed E-state index contributed by atoms with van der Waals surface area (Å²) in [7, 11) is 0. The highest BCUT2D eigenvalue weighted by Crippen LogP contribution is 2.35. The summed E-state index contributed by atoms with van der Waals surface area (Å²) in [6.07, 6.45) is 0.462. The highest BCUT2D eigenvalue weighted by molar-refractivity contribution is 6.14. The lowest BCUT2D eigenvalue weighted by atomic mass is 9.82. The van der Waals surface area contributed by atoms with Gasteiger partial charge < -0.3 is 5.32 Å². The third-order valence-corrected chi connectivity index (χ3v) is 5.68. The van der Waals surface area contributed by atoms with E-state index in [0.717, 1.165) is 22.4 Å². The van der Waals surface area contributed by atoms with Crippen LogP contribution in [0.3, 0.4) is 0 Å². The Morgan fingerprint density at radius 2 is 1.62 bits per heavy atom. The molecule has 0 saturated carbocycles. The molecule has 1 heterocycles. The Hall–Kier alpha value is -3.40. The minimum atomic E-state index is -1.02. The molecule has 0 bridgehead atoms. The van der Waals surface area contributed by atoms with Gasteiger partial charge in [-0.05, 0) is 48.7 Å². The third-order valence-electron chi connectivity index (χ3n) is 5.68. The summed E-state index contributed by atoms with van der Waals surface area (Å²) < 4.78 is 0. The van der Waals surface area contributed by atoms with Crippen molar-refractivity contribution in [2.45, 2.75) is 32.4 Å². The number of carbonyl (C=O) groups excluding carboxylic acids is 2. The van der Waals surface area contributed by atoms with Crippen LogP contribution < -0.4 is 10.2 Å². The molecule has 1 aliphatic heterocycles. The number of nitrogens with zero attached hydrogens (tertiary/aromatic N) is 1. The molecule has 0 radical (unpaired) electrons. The molecule has 0 unspecified atom stereocenters. The maximum absolute atomic E-state index is 13.4. The maximum atomic E-state index is 13.4. The molecule has 4 rings (SSSR count). The van der Waals surface area contributed by atoms with E-state index in [1.54, 1.807) is 4.90 Å². The molecule has 1 atom stereocenters. The van der Waals surface area contributed by atoms with Crippen LogP contribution in [0.15, 0.2) is 78.9 Å². The highest BCUT2D eigenvalue weighted by Gasteiger charge is 2.47. The number of rotatable bonds is 4. The van der Waals surface area contributed by atoms with Crippen molar-refractivity contribution in [3.05, 3.63) is 101 Å². The Bertz CT molecular complexity index is 1060. The molecule has 0 fully saturated rings. The van der Waals surface area contributed by atoms with Crippen LogP contribution in [-0.2, 0) is 17.8 Å². The first-order valence-electron chi connectivity index (χ1n) is 9.81. The minimum Gasteiger partial charge on any atom is -0.350 e. The van der Waals surface area contributed by atoms with Gasteiger partial charge in [0, 0.05) is 24.2 Å². The van der Waals surface area contributed by atoms with Gasteiger partial charge in [0.2, 0.25) is 5.91 Å². The summed E-state index contributed by atoms with van der Waals surface area (Å²) >= 11 is 0. The Balaban J connectivity index is 1.70. The van der Waals surface area contributed by atoms with Crippen LogP contribution in [0, 0.1) is 6.92 Å². The summed E-state index contributed by atoms with van der Waals surface area (Å²) in [5, 5.41) is 3.07. The quantitative estimate of drug-likeness (QED) is 0.730. The molecule has 3 aromatic rings. The number of fused-ring (bicyclic) bond motifs is 1. The highest BCUT2D eigenvalue weighted by atomic mass is 16.2. The van der Waals surface area contributed by atoms with Gasteiger partial charge in [-0.3, -0.25) is 14.5 Å². The fourth-order valence-electron chi connectivity index (χ4n) is 4.01. The van der Waals surface area contributed by atoms with Gasteiger partial charge in [-0.1, -0.05) is 60.7 Å². The Morgan fingerprint density at radius 3 is 2.38 bits per heavy atom. The number of anilines is 1. The van der Waals surface area contributed by atoms with Crippen molar-refractivity contribution in [3.8, 4) is 0 Å². The molecule has 3 aromatic carbocycles. The number of hydrogen-bond donors (Lipinski definition) is 1. The third kappa shape index (κ3) is 3.42. The first-order valence-corrected chi connectivity index (χ1v) is 9.81. The number of para-hydroxylation sites is 1. The molecular weight excluding hydrogens is 360 g/mol. The maximum Gasteiger partial charge on any atom is 0.259 e. The average molecular weight is 384 g/mol. The lowest BCUT2D eigenvalue weighted by molar-refractivity contribution is -0.126. The van der Waals surface area contributed by atoms with Gasteiger partial charge in [-0.15, -0.1) is 0 Å². The summed E-state index contributed by atoms with van der Waals surface area (Å²) in [5.41, 5.74) is 3.45. The molecule has 0 spiro atoms. The molecule has 0 saturated heterocycles. The fourth-order valence-corrected chi connectivity index (χ4v) is 4.01. The van der Waals surface area contributed by atoms with E-state index in [-0.39, 0.29) is 11.8 Å². The summed E-state index contributed by atoms with van der Waals surface area (Å²) in [5.74, 6) is -0.306. The van der Waals surface area contributed by atoms with E-state index in [1.807, 2.05) is 92.7 Å². The Kier molecular flexibility index (Phi) is 4.93. The van der Waals surface area contributed by atoms with Gasteiger partial charge in [0.15, 0.2) is 0 Å². The minimum absolute atomic E-state index is 0.147. The molecule has 0 aliphatic carbocycles. The second kappa shape index (κ2) is 7.55.